The first kappa shape index (κ1) is 15.5. The predicted molar refractivity (Wildman–Crippen MR) is 77.9 cm³/mol. The monoisotopic (exact) mass is 300 g/mol. The lowest BCUT2D eigenvalue weighted by atomic mass is 10.0. The molecule has 0 spiro atoms. The number of nitrogens with zero attached hydrogens (tertiary/aromatic N) is 3. The van der Waals surface area contributed by atoms with Gasteiger partial charge >= 0.3 is 0 Å². The molecule has 0 atom stereocenters. The molecular weight excluding hydrogens is 276 g/mol. The van der Waals surface area contributed by atoms with Gasteiger partial charge in [0.2, 0.25) is 10.0 Å². The zero-order valence-electron chi connectivity index (χ0n) is 12.2. The van der Waals surface area contributed by atoms with Gasteiger partial charge in [-0.2, -0.15) is 9.40 Å². The van der Waals surface area contributed by atoms with E-state index in [2.05, 4.69) is 17.3 Å². The van der Waals surface area contributed by atoms with Gasteiger partial charge in [-0.15, -0.1) is 0 Å². The number of rotatable bonds is 6. The van der Waals surface area contributed by atoms with Gasteiger partial charge in [-0.3, -0.25) is 4.68 Å². The number of aromatic nitrogens is 2. The van der Waals surface area contributed by atoms with Crippen molar-refractivity contribution in [3.63, 3.8) is 0 Å². The van der Waals surface area contributed by atoms with Crippen LogP contribution in [0.15, 0.2) is 17.3 Å². The first-order chi connectivity index (χ1) is 9.54. The van der Waals surface area contributed by atoms with E-state index in [-0.39, 0.29) is 0 Å². The Balaban J connectivity index is 2.02. The maximum atomic E-state index is 12.5. The highest BCUT2D eigenvalue weighted by atomic mass is 32.2. The van der Waals surface area contributed by atoms with E-state index in [1.54, 1.807) is 15.2 Å². The molecule has 2 rings (SSSR count). The van der Waals surface area contributed by atoms with Crippen LogP contribution in [0.3, 0.4) is 0 Å². The van der Waals surface area contributed by atoms with Gasteiger partial charge in [0.1, 0.15) is 4.90 Å². The zero-order chi connectivity index (χ0) is 14.6. The van der Waals surface area contributed by atoms with Gasteiger partial charge in [-0.05, 0) is 25.3 Å². The summed E-state index contributed by atoms with van der Waals surface area (Å²) in [6.45, 7) is 7.81. The maximum absolute atomic E-state index is 12.5. The molecule has 0 saturated carbocycles. The second kappa shape index (κ2) is 6.69. The van der Waals surface area contributed by atoms with Gasteiger partial charge in [0, 0.05) is 25.8 Å². The molecular formula is C13H24N4O2S. The van der Waals surface area contributed by atoms with E-state index in [4.69, 9.17) is 0 Å². The summed E-state index contributed by atoms with van der Waals surface area (Å²) in [6.07, 6.45) is 4.96. The van der Waals surface area contributed by atoms with Crippen molar-refractivity contribution in [1.82, 2.24) is 19.4 Å². The van der Waals surface area contributed by atoms with E-state index in [9.17, 15) is 8.42 Å². The highest BCUT2D eigenvalue weighted by molar-refractivity contribution is 7.89. The third kappa shape index (κ3) is 3.59. The summed E-state index contributed by atoms with van der Waals surface area (Å²) in [6, 6.07) is 0. The van der Waals surface area contributed by atoms with Crippen LogP contribution in [0.25, 0.3) is 0 Å². The lowest BCUT2D eigenvalue weighted by Crippen LogP contribution is -2.37. The summed E-state index contributed by atoms with van der Waals surface area (Å²) in [5.41, 5.74) is 0. The maximum Gasteiger partial charge on any atom is 0.246 e. The molecule has 0 amide bonds. The molecule has 0 aromatic carbocycles. The van der Waals surface area contributed by atoms with E-state index in [1.165, 1.54) is 6.20 Å². The summed E-state index contributed by atoms with van der Waals surface area (Å²) >= 11 is 0. The van der Waals surface area contributed by atoms with Crippen molar-refractivity contribution >= 4 is 10.0 Å². The minimum absolute atomic E-state index is 0.309. The topological polar surface area (TPSA) is 67.2 Å². The molecule has 2 heterocycles. The quantitative estimate of drug-likeness (QED) is 0.793. The Labute approximate surface area is 121 Å². The average molecular weight is 300 g/mol. The fourth-order valence-electron chi connectivity index (χ4n) is 2.34. The van der Waals surface area contributed by atoms with E-state index >= 15 is 0 Å². The minimum atomic E-state index is -3.37. The molecule has 6 nitrogen and oxygen atoms in total. The number of likely N-dealkylation sites (N-methyl/N-ethyl adjacent to an activating group) is 1. The zero-order valence-corrected chi connectivity index (χ0v) is 13.1. The fourth-order valence-corrected chi connectivity index (χ4v) is 3.77. The van der Waals surface area contributed by atoms with Gasteiger partial charge in [0.25, 0.3) is 0 Å². The molecule has 7 heteroatoms. The molecule has 1 N–H and O–H groups in total. The van der Waals surface area contributed by atoms with Crippen LogP contribution >= 0.6 is 0 Å². The van der Waals surface area contributed by atoms with Gasteiger partial charge in [-0.1, -0.05) is 13.8 Å². The Morgan fingerprint density at radius 1 is 1.40 bits per heavy atom. The molecule has 1 aromatic rings. The van der Waals surface area contributed by atoms with Crippen LogP contribution in [0.5, 0.6) is 0 Å². The van der Waals surface area contributed by atoms with Crippen molar-refractivity contribution in [1.29, 1.82) is 0 Å². The van der Waals surface area contributed by atoms with Crippen molar-refractivity contribution < 1.29 is 8.42 Å². The molecule has 0 bridgehead atoms. The van der Waals surface area contributed by atoms with E-state index in [1.807, 2.05) is 6.92 Å². The van der Waals surface area contributed by atoms with Crippen LogP contribution in [0, 0.1) is 5.92 Å². The largest absolute Gasteiger partial charge is 0.315 e. The molecule has 1 aliphatic heterocycles. The van der Waals surface area contributed by atoms with Crippen LogP contribution in [0.2, 0.25) is 0 Å². The van der Waals surface area contributed by atoms with Gasteiger partial charge < -0.3 is 5.32 Å². The van der Waals surface area contributed by atoms with E-state index in [0.717, 1.165) is 25.9 Å². The average Bonchev–Trinajstić information content (AvgIpc) is 2.89. The van der Waals surface area contributed by atoms with Gasteiger partial charge in [0.15, 0.2) is 0 Å². The molecule has 0 aliphatic carbocycles. The number of sulfonamides is 1. The van der Waals surface area contributed by atoms with E-state index < -0.39 is 10.0 Å². The van der Waals surface area contributed by atoms with Gasteiger partial charge in [0.05, 0.1) is 12.7 Å². The van der Waals surface area contributed by atoms with Crippen LogP contribution in [-0.4, -0.2) is 48.7 Å². The Kier molecular flexibility index (Phi) is 5.17. The predicted octanol–water partition coefficient (Wildman–Crippen LogP) is 0.913. The van der Waals surface area contributed by atoms with Crippen molar-refractivity contribution in [2.24, 2.45) is 5.92 Å². The molecule has 1 saturated heterocycles. The first-order valence-electron chi connectivity index (χ1n) is 7.27. The Morgan fingerprint density at radius 3 is 2.75 bits per heavy atom. The van der Waals surface area contributed by atoms with E-state index in [0.29, 0.717) is 30.4 Å². The fraction of sp³-hybridized carbons (Fsp3) is 0.769. The molecule has 1 fully saturated rings. The summed E-state index contributed by atoms with van der Waals surface area (Å²) in [5, 5.41) is 7.33. The Hall–Kier alpha value is -0.920. The summed E-state index contributed by atoms with van der Waals surface area (Å²) in [5.74, 6) is 0.615. The van der Waals surface area contributed by atoms with Crippen LogP contribution in [0.1, 0.15) is 26.7 Å². The number of hydrogen-bond acceptors (Lipinski definition) is 4. The van der Waals surface area contributed by atoms with Crippen LogP contribution < -0.4 is 5.32 Å². The highest BCUT2D eigenvalue weighted by Crippen LogP contribution is 2.22. The normalized spacial score (nSPS) is 18.5. The second-order valence-corrected chi connectivity index (χ2v) is 7.32. The third-order valence-corrected chi connectivity index (χ3v) is 5.61. The molecule has 114 valence electrons. The van der Waals surface area contributed by atoms with Crippen molar-refractivity contribution in [2.45, 2.75) is 38.1 Å². The van der Waals surface area contributed by atoms with Crippen molar-refractivity contribution in [2.75, 3.05) is 26.2 Å². The summed E-state index contributed by atoms with van der Waals surface area (Å²) < 4.78 is 28.3. The Morgan fingerprint density at radius 2 is 2.10 bits per heavy atom. The number of nitrogens with one attached hydrogen (secondary N) is 1. The standard InChI is InChI=1S/C13H24N4O2S/c1-3-14-6-9-16-11-13(10-15-16)20(18,19)17-7-4-12(2)5-8-17/h10-12,14H,3-9H2,1-2H3. The lowest BCUT2D eigenvalue weighted by Gasteiger charge is -2.28. The first-order valence-corrected chi connectivity index (χ1v) is 8.71. The SMILES string of the molecule is CCNCCn1cc(S(=O)(=O)N2CCC(C)CC2)cn1. The van der Waals surface area contributed by atoms with Crippen molar-refractivity contribution in [3.8, 4) is 0 Å². The van der Waals surface area contributed by atoms with Crippen LogP contribution in [0.4, 0.5) is 0 Å². The number of hydrogen-bond donors (Lipinski definition) is 1. The molecule has 1 aliphatic rings. The molecule has 0 radical (unpaired) electrons. The highest BCUT2D eigenvalue weighted by Gasteiger charge is 2.28. The molecule has 0 unspecified atom stereocenters. The third-order valence-electron chi connectivity index (χ3n) is 3.76. The lowest BCUT2D eigenvalue weighted by molar-refractivity contribution is 0.288. The van der Waals surface area contributed by atoms with Gasteiger partial charge in [-0.25, -0.2) is 8.42 Å². The Bertz CT molecular complexity index is 518. The van der Waals surface area contributed by atoms with Crippen LogP contribution in [-0.2, 0) is 16.6 Å². The molecule has 20 heavy (non-hydrogen) atoms. The van der Waals surface area contributed by atoms with Crippen molar-refractivity contribution in [3.05, 3.63) is 12.4 Å². The summed E-state index contributed by atoms with van der Waals surface area (Å²) in [7, 11) is -3.37. The molecule has 1 aromatic heterocycles. The number of piperidine rings is 1. The second-order valence-electron chi connectivity index (χ2n) is 5.38. The minimum Gasteiger partial charge on any atom is -0.315 e. The summed E-state index contributed by atoms with van der Waals surface area (Å²) in [4.78, 5) is 0.309. The smallest absolute Gasteiger partial charge is 0.246 e.